The van der Waals surface area contributed by atoms with Crippen LogP contribution in [0.15, 0.2) is 22.1 Å². The van der Waals surface area contributed by atoms with Gasteiger partial charge >= 0.3 is 0 Å². The molecule has 0 bridgehead atoms. The van der Waals surface area contributed by atoms with Gasteiger partial charge < -0.3 is 0 Å². The van der Waals surface area contributed by atoms with E-state index in [2.05, 4.69) is 10.0 Å². The summed E-state index contributed by atoms with van der Waals surface area (Å²) in [5.41, 5.74) is 7.40. The Morgan fingerprint density at radius 2 is 1.95 bits per heavy atom. The van der Waals surface area contributed by atoms with Gasteiger partial charge in [0.2, 0.25) is 0 Å². The van der Waals surface area contributed by atoms with Gasteiger partial charge in [-0.2, -0.15) is 0 Å². The normalized spacial score (nSPS) is 11.0. The van der Waals surface area contributed by atoms with Crippen molar-refractivity contribution in [2.24, 2.45) is 10.5 Å². The van der Waals surface area contributed by atoms with E-state index in [9.17, 15) is 18.4 Å². The van der Waals surface area contributed by atoms with Crippen LogP contribution in [0.5, 0.6) is 0 Å². The standard InChI is InChI=1S/C14H15F2N3O2S/c1-4-14(2,3)7-12(20)22-11-5-8(13(21)18-19-17)9(15)6-10(11)16/h5-6H,4,7H2,1-3H3. The Morgan fingerprint density at radius 3 is 2.50 bits per heavy atom. The third-order valence-electron chi connectivity index (χ3n) is 3.19. The van der Waals surface area contributed by atoms with Gasteiger partial charge in [0, 0.05) is 17.4 Å². The summed E-state index contributed by atoms with van der Waals surface area (Å²) in [6, 6.07) is 1.39. The van der Waals surface area contributed by atoms with E-state index in [1.54, 1.807) is 0 Å². The number of carbonyl (C=O) groups excluding carboxylic acids is 2. The minimum absolute atomic E-state index is 0.171. The van der Waals surface area contributed by atoms with Crippen LogP contribution in [0.2, 0.25) is 0 Å². The van der Waals surface area contributed by atoms with Crippen LogP contribution >= 0.6 is 11.8 Å². The quantitative estimate of drug-likeness (QED) is 0.335. The first kappa shape index (κ1) is 18.1. The summed E-state index contributed by atoms with van der Waals surface area (Å²) in [5, 5.41) is 2.47. The third kappa shape index (κ3) is 4.82. The second-order valence-corrected chi connectivity index (χ2v) is 6.52. The Kier molecular flexibility index (Phi) is 6.08. The third-order valence-corrected chi connectivity index (χ3v) is 4.10. The zero-order chi connectivity index (χ0) is 16.9. The van der Waals surface area contributed by atoms with E-state index in [-0.39, 0.29) is 21.8 Å². The van der Waals surface area contributed by atoms with Crippen molar-refractivity contribution in [2.75, 3.05) is 0 Å². The summed E-state index contributed by atoms with van der Waals surface area (Å²) < 4.78 is 27.3. The lowest BCUT2D eigenvalue weighted by Gasteiger charge is -2.20. The number of hydrogen-bond donors (Lipinski definition) is 0. The monoisotopic (exact) mass is 327 g/mol. The molecule has 0 unspecified atom stereocenters. The van der Waals surface area contributed by atoms with E-state index >= 15 is 0 Å². The average Bonchev–Trinajstić information content (AvgIpc) is 2.41. The number of halogens is 2. The van der Waals surface area contributed by atoms with Crippen molar-refractivity contribution in [2.45, 2.75) is 38.5 Å². The first-order valence-electron chi connectivity index (χ1n) is 6.49. The topological polar surface area (TPSA) is 82.9 Å². The summed E-state index contributed by atoms with van der Waals surface area (Å²) in [6.45, 7) is 5.75. The molecule has 1 amide bonds. The van der Waals surface area contributed by atoms with Crippen molar-refractivity contribution in [3.8, 4) is 0 Å². The molecular weight excluding hydrogens is 312 g/mol. The molecule has 0 aliphatic heterocycles. The maximum absolute atomic E-state index is 13.7. The van der Waals surface area contributed by atoms with Gasteiger partial charge in [0.25, 0.3) is 5.91 Å². The predicted octanol–water partition coefficient (Wildman–Crippen LogP) is 4.86. The van der Waals surface area contributed by atoms with E-state index in [0.29, 0.717) is 17.8 Å². The summed E-state index contributed by atoms with van der Waals surface area (Å²) in [5.74, 6) is -3.24. The van der Waals surface area contributed by atoms with E-state index in [4.69, 9.17) is 5.53 Å². The molecule has 1 aromatic rings. The lowest BCUT2D eigenvalue weighted by Crippen LogP contribution is -2.14. The molecular formula is C14H15F2N3O2S. The van der Waals surface area contributed by atoms with E-state index in [0.717, 1.165) is 12.5 Å². The van der Waals surface area contributed by atoms with Crippen LogP contribution < -0.4 is 0 Å². The fourth-order valence-corrected chi connectivity index (χ4v) is 2.58. The lowest BCUT2D eigenvalue weighted by atomic mass is 9.87. The number of thioether (sulfide) groups is 1. The van der Waals surface area contributed by atoms with E-state index in [1.807, 2.05) is 20.8 Å². The molecule has 0 spiro atoms. The molecule has 0 heterocycles. The van der Waals surface area contributed by atoms with Crippen LogP contribution in [-0.2, 0) is 4.79 Å². The van der Waals surface area contributed by atoms with Crippen LogP contribution in [0.1, 0.15) is 44.0 Å². The van der Waals surface area contributed by atoms with Gasteiger partial charge in [-0.25, -0.2) is 8.78 Å². The molecule has 0 N–H and O–H groups in total. The van der Waals surface area contributed by atoms with Crippen molar-refractivity contribution >= 4 is 22.8 Å². The number of amides is 1. The molecule has 0 atom stereocenters. The highest BCUT2D eigenvalue weighted by atomic mass is 32.2. The Morgan fingerprint density at radius 1 is 1.32 bits per heavy atom. The minimum Gasteiger partial charge on any atom is -0.287 e. The second-order valence-electron chi connectivity index (χ2n) is 5.43. The Balaban J connectivity index is 3.05. The molecule has 0 aliphatic rings. The first-order valence-corrected chi connectivity index (χ1v) is 7.31. The summed E-state index contributed by atoms with van der Waals surface area (Å²) in [4.78, 5) is 25.5. The number of benzene rings is 1. The maximum atomic E-state index is 13.7. The van der Waals surface area contributed by atoms with E-state index < -0.39 is 23.1 Å². The van der Waals surface area contributed by atoms with Crippen LogP contribution in [0.3, 0.4) is 0 Å². The van der Waals surface area contributed by atoms with Gasteiger partial charge in [0.05, 0.1) is 10.5 Å². The zero-order valence-corrected chi connectivity index (χ0v) is 13.2. The number of rotatable bonds is 5. The Labute approximate surface area is 130 Å². The molecule has 0 aromatic heterocycles. The second kappa shape index (κ2) is 7.38. The van der Waals surface area contributed by atoms with Crippen LogP contribution in [0.25, 0.3) is 10.4 Å². The fourth-order valence-electron chi connectivity index (χ4n) is 1.54. The van der Waals surface area contributed by atoms with Crippen LogP contribution in [0.4, 0.5) is 8.78 Å². The van der Waals surface area contributed by atoms with Gasteiger partial charge in [-0.3, -0.25) is 9.59 Å². The molecule has 1 rings (SSSR count). The van der Waals surface area contributed by atoms with E-state index in [1.165, 1.54) is 0 Å². The van der Waals surface area contributed by atoms with Gasteiger partial charge in [0.15, 0.2) is 5.12 Å². The average molecular weight is 327 g/mol. The minimum atomic E-state index is -1.16. The van der Waals surface area contributed by atoms with Gasteiger partial charge in [-0.15, -0.1) is 0 Å². The predicted molar refractivity (Wildman–Crippen MR) is 79.4 cm³/mol. The molecule has 22 heavy (non-hydrogen) atoms. The molecule has 1 aromatic carbocycles. The highest BCUT2D eigenvalue weighted by Gasteiger charge is 2.22. The van der Waals surface area contributed by atoms with Crippen molar-refractivity contribution in [1.82, 2.24) is 0 Å². The maximum Gasteiger partial charge on any atom is 0.252 e. The first-order chi connectivity index (χ1) is 10.2. The van der Waals surface area contributed by atoms with Gasteiger partial charge in [0.1, 0.15) is 11.6 Å². The Bertz CT molecular complexity index is 656. The van der Waals surface area contributed by atoms with Gasteiger partial charge in [-0.1, -0.05) is 27.2 Å². The molecule has 0 radical (unpaired) electrons. The fraction of sp³-hybridized carbons (Fsp3) is 0.429. The number of hydrogen-bond acceptors (Lipinski definition) is 3. The lowest BCUT2D eigenvalue weighted by molar-refractivity contribution is -0.112. The number of azide groups is 1. The molecule has 118 valence electrons. The highest BCUT2D eigenvalue weighted by molar-refractivity contribution is 8.13. The Hall–Kier alpha value is -1.92. The van der Waals surface area contributed by atoms with Crippen LogP contribution in [0, 0.1) is 17.0 Å². The molecule has 0 fully saturated rings. The molecule has 5 nitrogen and oxygen atoms in total. The van der Waals surface area contributed by atoms with Gasteiger partial charge in [-0.05, 0) is 33.9 Å². The summed E-state index contributed by atoms with van der Waals surface area (Å²) >= 11 is 0.603. The molecule has 0 saturated carbocycles. The summed E-state index contributed by atoms with van der Waals surface area (Å²) in [7, 11) is 0. The molecule has 8 heteroatoms. The zero-order valence-electron chi connectivity index (χ0n) is 12.4. The van der Waals surface area contributed by atoms with Crippen molar-refractivity contribution in [3.63, 3.8) is 0 Å². The highest BCUT2D eigenvalue weighted by Crippen LogP contribution is 2.32. The smallest absolute Gasteiger partial charge is 0.252 e. The summed E-state index contributed by atoms with van der Waals surface area (Å²) in [6.07, 6.45) is 0.983. The SMILES string of the molecule is CCC(C)(C)CC(=O)Sc1cc(C(=O)N=[N+]=[N-])c(F)cc1F. The molecule has 0 saturated heterocycles. The number of nitrogens with zero attached hydrogens (tertiary/aromatic N) is 3. The van der Waals surface area contributed by atoms with Crippen LogP contribution in [-0.4, -0.2) is 11.0 Å². The van der Waals surface area contributed by atoms with Crippen molar-refractivity contribution < 1.29 is 18.4 Å². The van der Waals surface area contributed by atoms with Crippen molar-refractivity contribution in [3.05, 3.63) is 39.8 Å². The van der Waals surface area contributed by atoms with Crippen molar-refractivity contribution in [1.29, 1.82) is 0 Å². The molecule has 0 aliphatic carbocycles. The largest absolute Gasteiger partial charge is 0.287 e. The number of carbonyl (C=O) groups is 2.